The predicted octanol–water partition coefficient (Wildman–Crippen LogP) is 2.26. The van der Waals surface area contributed by atoms with Crippen LogP contribution in [0.1, 0.15) is 0 Å². The quantitative estimate of drug-likeness (QED) is 0.777. The summed E-state index contributed by atoms with van der Waals surface area (Å²) in [5, 5.41) is 3.71. The van der Waals surface area contributed by atoms with Crippen LogP contribution in [-0.4, -0.2) is 28.2 Å². The lowest BCUT2D eigenvalue weighted by Crippen LogP contribution is -2.14. The molecular formula is C13H9ClFN5O2S. The number of nitrogens with zero attached hydrogens (tertiary/aromatic N) is 4. The number of nitrogens with one attached hydrogen (secondary N) is 1. The molecule has 0 amide bonds. The van der Waals surface area contributed by atoms with Crippen molar-refractivity contribution >= 4 is 27.3 Å². The predicted molar refractivity (Wildman–Crippen MR) is 81.4 cm³/mol. The van der Waals surface area contributed by atoms with Gasteiger partial charge in [0.2, 0.25) is 0 Å². The summed E-state index contributed by atoms with van der Waals surface area (Å²) in [6.45, 7) is 0. The molecule has 7 nitrogen and oxygen atoms in total. The lowest BCUT2D eigenvalue weighted by atomic mass is 10.3. The van der Waals surface area contributed by atoms with E-state index in [-0.39, 0.29) is 15.6 Å². The minimum atomic E-state index is -3.95. The monoisotopic (exact) mass is 353 g/mol. The second-order valence-electron chi connectivity index (χ2n) is 4.43. The number of rotatable bonds is 4. The van der Waals surface area contributed by atoms with Gasteiger partial charge in [0.25, 0.3) is 10.0 Å². The number of halogens is 2. The SMILES string of the molecule is O=S(=O)(Nc1ccc(-n2cncn2)nc1)c1ccc(F)cc1Cl. The average Bonchev–Trinajstić information content (AvgIpc) is 3.01. The van der Waals surface area contributed by atoms with Gasteiger partial charge in [0.05, 0.1) is 16.9 Å². The third kappa shape index (κ3) is 3.30. The molecule has 0 saturated heterocycles. The first-order valence-corrected chi connectivity index (χ1v) is 8.11. The maximum atomic E-state index is 13.0. The lowest BCUT2D eigenvalue weighted by molar-refractivity contribution is 0.599. The van der Waals surface area contributed by atoms with Crippen LogP contribution in [0.4, 0.5) is 10.1 Å². The molecule has 0 atom stereocenters. The standard InChI is InChI=1S/C13H9ClFN5O2S/c14-11-5-9(15)1-3-12(11)23(21,22)19-10-2-4-13(17-6-10)20-8-16-7-18-20/h1-8,19H. The van der Waals surface area contributed by atoms with E-state index in [2.05, 4.69) is 19.8 Å². The second kappa shape index (κ2) is 5.94. The molecule has 1 aromatic carbocycles. The fourth-order valence-corrected chi connectivity index (χ4v) is 3.39. The van der Waals surface area contributed by atoms with Gasteiger partial charge in [-0.3, -0.25) is 4.72 Å². The minimum Gasteiger partial charge on any atom is -0.278 e. The molecular weight excluding hydrogens is 345 g/mol. The van der Waals surface area contributed by atoms with E-state index in [1.54, 1.807) is 6.07 Å². The Hall–Kier alpha value is -2.52. The van der Waals surface area contributed by atoms with Crippen LogP contribution in [0, 0.1) is 5.82 Å². The van der Waals surface area contributed by atoms with Crippen molar-refractivity contribution in [3.63, 3.8) is 0 Å². The summed E-state index contributed by atoms with van der Waals surface area (Å²) in [7, 11) is -3.95. The van der Waals surface area contributed by atoms with Gasteiger partial charge in [-0.25, -0.2) is 27.5 Å². The van der Waals surface area contributed by atoms with Gasteiger partial charge < -0.3 is 0 Å². The summed E-state index contributed by atoms with van der Waals surface area (Å²) in [5.74, 6) is -0.141. The molecule has 3 rings (SSSR count). The minimum absolute atomic E-state index is 0.204. The van der Waals surface area contributed by atoms with Crippen molar-refractivity contribution in [3.8, 4) is 5.82 Å². The fraction of sp³-hybridized carbons (Fsp3) is 0. The van der Waals surface area contributed by atoms with Crippen molar-refractivity contribution in [1.29, 1.82) is 0 Å². The maximum absolute atomic E-state index is 13.0. The molecule has 2 heterocycles. The topological polar surface area (TPSA) is 89.8 Å². The summed E-state index contributed by atoms with van der Waals surface area (Å²) >= 11 is 5.78. The fourth-order valence-electron chi connectivity index (χ4n) is 1.81. The molecule has 10 heteroatoms. The zero-order valence-electron chi connectivity index (χ0n) is 11.4. The Morgan fingerprint density at radius 2 is 2.04 bits per heavy atom. The van der Waals surface area contributed by atoms with Gasteiger partial charge in [-0.05, 0) is 30.3 Å². The van der Waals surface area contributed by atoms with E-state index >= 15 is 0 Å². The average molecular weight is 354 g/mol. The Kier molecular flexibility index (Phi) is 3.97. The van der Waals surface area contributed by atoms with Crippen molar-refractivity contribution in [2.45, 2.75) is 4.90 Å². The van der Waals surface area contributed by atoms with E-state index in [1.807, 2.05) is 0 Å². The van der Waals surface area contributed by atoms with Crippen LogP contribution >= 0.6 is 11.6 Å². The zero-order valence-corrected chi connectivity index (χ0v) is 13.0. The first-order valence-electron chi connectivity index (χ1n) is 6.25. The summed E-state index contributed by atoms with van der Waals surface area (Å²) in [6, 6.07) is 6.13. The first-order chi connectivity index (χ1) is 11.0. The maximum Gasteiger partial charge on any atom is 0.263 e. The highest BCUT2D eigenvalue weighted by molar-refractivity contribution is 7.92. The van der Waals surface area contributed by atoms with Crippen molar-refractivity contribution in [1.82, 2.24) is 19.7 Å². The van der Waals surface area contributed by atoms with Gasteiger partial charge in [-0.2, -0.15) is 5.10 Å². The van der Waals surface area contributed by atoms with Crippen LogP contribution < -0.4 is 4.72 Å². The molecule has 2 aromatic heterocycles. The molecule has 23 heavy (non-hydrogen) atoms. The van der Waals surface area contributed by atoms with Gasteiger partial charge in [0.15, 0.2) is 5.82 Å². The smallest absolute Gasteiger partial charge is 0.263 e. The van der Waals surface area contributed by atoms with Gasteiger partial charge in [0, 0.05) is 0 Å². The molecule has 0 radical (unpaired) electrons. The Labute approximate surface area is 135 Å². The molecule has 0 saturated carbocycles. The molecule has 0 aliphatic rings. The van der Waals surface area contributed by atoms with Crippen LogP contribution in [0.15, 0.2) is 54.1 Å². The van der Waals surface area contributed by atoms with Gasteiger partial charge in [-0.15, -0.1) is 0 Å². The normalized spacial score (nSPS) is 11.4. The van der Waals surface area contributed by atoms with Crippen LogP contribution in [0.5, 0.6) is 0 Å². The van der Waals surface area contributed by atoms with Crippen LogP contribution in [0.25, 0.3) is 5.82 Å². The van der Waals surface area contributed by atoms with Crippen molar-refractivity contribution in [3.05, 3.63) is 60.0 Å². The Bertz CT molecular complexity index is 930. The Morgan fingerprint density at radius 1 is 1.22 bits per heavy atom. The number of pyridine rings is 1. The summed E-state index contributed by atoms with van der Waals surface area (Å²) < 4.78 is 41.3. The van der Waals surface area contributed by atoms with Gasteiger partial charge in [0.1, 0.15) is 23.4 Å². The molecule has 3 aromatic rings. The number of aromatic nitrogens is 4. The number of anilines is 1. The summed E-state index contributed by atoms with van der Waals surface area (Å²) in [4.78, 5) is 7.65. The first kappa shape index (κ1) is 15.4. The van der Waals surface area contributed by atoms with E-state index in [1.165, 1.54) is 29.6 Å². The van der Waals surface area contributed by atoms with E-state index in [0.717, 1.165) is 18.2 Å². The summed E-state index contributed by atoms with van der Waals surface area (Å²) in [5.41, 5.74) is 0.231. The van der Waals surface area contributed by atoms with Crippen molar-refractivity contribution < 1.29 is 12.8 Å². The van der Waals surface area contributed by atoms with Gasteiger partial charge in [-0.1, -0.05) is 11.6 Å². The van der Waals surface area contributed by atoms with E-state index < -0.39 is 15.8 Å². The number of hydrogen-bond donors (Lipinski definition) is 1. The molecule has 0 spiro atoms. The molecule has 0 aliphatic heterocycles. The number of sulfonamides is 1. The van der Waals surface area contributed by atoms with E-state index in [0.29, 0.717) is 5.82 Å². The number of hydrogen-bond acceptors (Lipinski definition) is 5. The molecule has 0 fully saturated rings. The lowest BCUT2D eigenvalue weighted by Gasteiger charge is -2.09. The highest BCUT2D eigenvalue weighted by Gasteiger charge is 2.18. The third-order valence-electron chi connectivity index (χ3n) is 2.84. The summed E-state index contributed by atoms with van der Waals surface area (Å²) in [6.07, 6.45) is 4.14. The molecule has 1 N–H and O–H groups in total. The van der Waals surface area contributed by atoms with Crippen LogP contribution in [-0.2, 0) is 10.0 Å². The number of benzene rings is 1. The Balaban J connectivity index is 1.86. The van der Waals surface area contributed by atoms with Crippen molar-refractivity contribution in [2.24, 2.45) is 0 Å². The largest absolute Gasteiger partial charge is 0.278 e. The molecule has 0 unspecified atom stereocenters. The molecule has 118 valence electrons. The van der Waals surface area contributed by atoms with Crippen molar-refractivity contribution in [2.75, 3.05) is 4.72 Å². The van der Waals surface area contributed by atoms with Crippen LogP contribution in [0.2, 0.25) is 5.02 Å². The highest BCUT2D eigenvalue weighted by Crippen LogP contribution is 2.24. The second-order valence-corrected chi connectivity index (χ2v) is 6.48. The Morgan fingerprint density at radius 3 is 2.65 bits per heavy atom. The van der Waals surface area contributed by atoms with Gasteiger partial charge >= 0.3 is 0 Å². The molecule has 0 bridgehead atoms. The third-order valence-corrected chi connectivity index (χ3v) is 4.70. The van der Waals surface area contributed by atoms with Crippen LogP contribution in [0.3, 0.4) is 0 Å². The molecule has 0 aliphatic carbocycles. The van der Waals surface area contributed by atoms with E-state index in [9.17, 15) is 12.8 Å². The van der Waals surface area contributed by atoms with E-state index in [4.69, 9.17) is 11.6 Å². The zero-order chi connectivity index (χ0) is 16.4. The highest BCUT2D eigenvalue weighted by atomic mass is 35.5.